The summed E-state index contributed by atoms with van der Waals surface area (Å²) >= 11 is 0. The Bertz CT molecular complexity index is 505. The summed E-state index contributed by atoms with van der Waals surface area (Å²) in [4.78, 5) is 10.5. The van der Waals surface area contributed by atoms with Crippen LogP contribution >= 0.6 is 0 Å². The quantitative estimate of drug-likeness (QED) is 0.710. The normalized spacial score (nSPS) is 10.3. The average molecular weight is 216 g/mol. The van der Waals surface area contributed by atoms with E-state index in [2.05, 4.69) is 10.2 Å². The van der Waals surface area contributed by atoms with Crippen LogP contribution in [0.5, 0.6) is 0 Å². The molecule has 0 N–H and O–H groups in total. The first-order chi connectivity index (χ1) is 7.68. The second kappa shape index (κ2) is 4.14. The third-order valence-corrected chi connectivity index (χ3v) is 2.30. The van der Waals surface area contributed by atoms with Crippen LogP contribution in [0.25, 0.3) is 11.4 Å². The lowest BCUT2D eigenvalue weighted by Crippen LogP contribution is -2.25. The molecule has 2 rings (SSSR count). The van der Waals surface area contributed by atoms with E-state index in [0.29, 0.717) is 11.6 Å². The molecule has 5 heteroatoms. The van der Waals surface area contributed by atoms with Crippen LogP contribution in [0.2, 0.25) is 0 Å². The van der Waals surface area contributed by atoms with E-state index in [1.807, 2.05) is 30.3 Å². The zero-order valence-corrected chi connectivity index (χ0v) is 8.75. The number of carbonyl (C=O) groups is 1. The second-order valence-electron chi connectivity index (χ2n) is 3.41. The van der Waals surface area contributed by atoms with Crippen molar-refractivity contribution in [3.8, 4) is 11.4 Å². The van der Waals surface area contributed by atoms with E-state index in [9.17, 15) is 9.90 Å². The van der Waals surface area contributed by atoms with Crippen LogP contribution in [-0.4, -0.2) is 20.7 Å². The number of hydrogen-bond acceptors (Lipinski definition) is 4. The van der Waals surface area contributed by atoms with Crippen LogP contribution < -0.4 is 5.11 Å². The van der Waals surface area contributed by atoms with Crippen LogP contribution in [0.4, 0.5) is 0 Å². The van der Waals surface area contributed by atoms with Crippen LogP contribution in [0.3, 0.4) is 0 Å². The van der Waals surface area contributed by atoms with E-state index >= 15 is 0 Å². The van der Waals surface area contributed by atoms with Gasteiger partial charge in [-0.2, -0.15) is 0 Å². The topological polar surface area (TPSA) is 70.8 Å². The SMILES string of the molecule is Cn1c(CC(=O)[O-])nnc1-c1ccccc1. The van der Waals surface area contributed by atoms with E-state index < -0.39 is 5.97 Å². The highest BCUT2D eigenvalue weighted by atomic mass is 16.4. The van der Waals surface area contributed by atoms with Crippen LogP contribution in [0.1, 0.15) is 5.82 Å². The average Bonchev–Trinajstić information content (AvgIpc) is 2.61. The van der Waals surface area contributed by atoms with Gasteiger partial charge in [-0.25, -0.2) is 0 Å². The van der Waals surface area contributed by atoms with Gasteiger partial charge in [0.05, 0.1) is 0 Å². The third-order valence-electron chi connectivity index (χ3n) is 2.30. The molecule has 0 amide bonds. The second-order valence-corrected chi connectivity index (χ2v) is 3.41. The predicted octanol–water partition coefficient (Wildman–Crippen LogP) is -0.226. The van der Waals surface area contributed by atoms with Crippen molar-refractivity contribution in [2.24, 2.45) is 7.05 Å². The molecule has 0 radical (unpaired) electrons. The first kappa shape index (κ1) is 10.4. The van der Waals surface area contributed by atoms with E-state index in [1.165, 1.54) is 0 Å². The fourth-order valence-electron chi connectivity index (χ4n) is 1.48. The molecule has 0 saturated carbocycles. The van der Waals surface area contributed by atoms with Gasteiger partial charge in [-0.15, -0.1) is 10.2 Å². The van der Waals surface area contributed by atoms with Gasteiger partial charge in [0, 0.05) is 25.0 Å². The van der Waals surface area contributed by atoms with Gasteiger partial charge in [0.15, 0.2) is 5.82 Å². The monoisotopic (exact) mass is 216 g/mol. The zero-order chi connectivity index (χ0) is 11.5. The summed E-state index contributed by atoms with van der Waals surface area (Å²) < 4.78 is 1.66. The first-order valence-electron chi connectivity index (χ1n) is 4.82. The van der Waals surface area contributed by atoms with Crippen molar-refractivity contribution in [1.29, 1.82) is 0 Å². The van der Waals surface area contributed by atoms with E-state index in [-0.39, 0.29) is 6.42 Å². The standard InChI is InChI=1S/C11H11N3O2/c1-14-9(7-10(15)16)12-13-11(14)8-5-3-2-4-6-8/h2-6H,7H2,1H3,(H,15,16)/p-1. The van der Waals surface area contributed by atoms with Crippen molar-refractivity contribution in [3.05, 3.63) is 36.2 Å². The molecule has 1 aromatic carbocycles. The minimum Gasteiger partial charge on any atom is -0.550 e. The highest BCUT2D eigenvalue weighted by molar-refractivity contribution is 5.67. The number of hydrogen-bond donors (Lipinski definition) is 0. The summed E-state index contributed by atoms with van der Waals surface area (Å²) in [6, 6.07) is 9.48. The number of aliphatic carboxylic acids is 1. The summed E-state index contributed by atoms with van der Waals surface area (Å²) in [6.07, 6.45) is -0.226. The fourth-order valence-corrected chi connectivity index (χ4v) is 1.48. The maximum absolute atomic E-state index is 10.5. The van der Waals surface area contributed by atoms with Crippen molar-refractivity contribution in [2.45, 2.75) is 6.42 Å². The molecule has 1 heterocycles. The van der Waals surface area contributed by atoms with Gasteiger partial charge in [0.2, 0.25) is 0 Å². The van der Waals surface area contributed by atoms with Crippen molar-refractivity contribution in [2.75, 3.05) is 0 Å². The number of aromatic nitrogens is 3. The Morgan fingerprint density at radius 2 is 2.00 bits per heavy atom. The van der Waals surface area contributed by atoms with Gasteiger partial charge in [-0.05, 0) is 0 Å². The number of benzene rings is 1. The molecule has 2 aromatic rings. The lowest BCUT2D eigenvalue weighted by atomic mass is 10.2. The summed E-state index contributed by atoms with van der Waals surface area (Å²) in [5.74, 6) is -0.120. The summed E-state index contributed by atoms with van der Waals surface area (Å²) in [6.45, 7) is 0. The lowest BCUT2D eigenvalue weighted by Gasteiger charge is -2.04. The van der Waals surface area contributed by atoms with Gasteiger partial charge >= 0.3 is 0 Å². The molecule has 5 nitrogen and oxygen atoms in total. The molecule has 0 aliphatic rings. The number of carboxylic acid groups (broad SMARTS) is 1. The van der Waals surface area contributed by atoms with Crippen molar-refractivity contribution in [3.63, 3.8) is 0 Å². The Morgan fingerprint density at radius 3 is 2.62 bits per heavy atom. The number of carboxylic acids is 1. The summed E-state index contributed by atoms with van der Waals surface area (Å²) in [5, 5.41) is 18.3. The molecule has 82 valence electrons. The molecule has 0 spiro atoms. The molecule has 0 bridgehead atoms. The van der Waals surface area contributed by atoms with Gasteiger partial charge in [-0.1, -0.05) is 30.3 Å². The smallest absolute Gasteiger partial charge is 0.163 e. The Kier molecular flexibility index (Phi) is 2.68. The van der Waals surface area contributed by atoms with Crippen LogP contribution in [-0.2, 0) is 18.3 Å². The van der Waals surface area contributed by atoms with Gasteiger partial charge in [0.1, 0.15) is 5.82 Å². The van der Waals surface area contributed by atoms with Gasteiger partial charge < -0.3 is 14.5 Å². The van der Waals surface area contributed by atoms with Gasteiger partial charge in [0.25, 0.3) is 0 Å². The largest absolute Gasteiger partial charge is 0.550 e. The summed E-state index contributed by atoms with van der Waals surface area (Å²) in [5.41, 5.74) is 0.905. The highest BCUT2D eigenvalue weighted by Gasteiger charge is 2.09. The molecular formula is C11H10N3O2-. The molecule has 0 aliphatic carbocycles. The molecular weight excluding hydrogens is 206 g/mol. The maximum atomic E-state index is 10.5. The van der Waals surface area contributed by atoms with Crippen LogP contribution in [0.15, 0.2) is 30.3 Å². The minimum atomic E-state index is -1.16. The zero-order valence-electron chi connectivity index (χ0n) is 8.75. The molecule has 0 fully saturated rings. The summed E-state index contributed by atoms with van der Waals surface area (Å²) in [7, 11) is 1.74. The van der Waals surface area contributed by atoms with Crippen LogP contribution in [0, 0.1) is 0 Å². The van der Waals surface area contributed by atoms with Crippen molar-refractivity contribution >= 4 is 5.97 Å². The Morgan fingerprint density at radius 1 is 1.31 bits per heavy atom. The predicted molar refractivity (Wildman–Crippen MR) is 55.2 cm³/mol. The molecule has 0 aliphatic heterocycles. The third kappa shape index (κ3) is 1.93. The number of rotatable bonds is 3. The first-order valence-corrected chi connectivity index (χ1v) is 4.82. The molecule has 0 unspecified atom stereocenters. The molecule has 0 saturated heterocycles. The van der Waals surface area contributed by atoms with Crippen molar-refractivity contribution in [1.82, 2.24) is 14.8 Å². The number of carbonyl (C=O) groups excluding carboxylic acids is 1. The minimum absolute atomic E-state index is 0.226. The highest BCUT2D eigenvalue weighted by Crippen LogP contribution is 2.16. The Balaban J connectivity index is 2.37. The molecule has 0 atom stereocenters. The van der Waals surface area contributed by atoms with E-state index in [0.717, 1.165) is 5.56 Å². The van der Waals surface area contributed by atoms with Crippen molar-refractivity contribution < 1.29 is 9.90 Å². The lowest BCUT2D eigenvalue weighted by molar-refractivity contribution is -0.304. The molecule has 1 aromatic heterocycles. The van der Waals surface area contributed by atoms with Gasteiger partial charge in [-0.3, -0.25) is 0 Å². The Hall–Kier alpha value is -2.17. The Labute approximate surface area is 92.4 Å². The maximum Gasteiger partial charge on any atom is 0.163 e. The number of nitrogens with zero attached hydrogens (tertiary/aromatic N) is 3. The fraction of sp³-hybridized carbons (Fsp3) is 0.182. The van der Waals surface area contributed by atoms with E-state index in [4.69, 9.17) is 0 Å². The molecule has 16 heavy (non-hydrogen) atoms. The van der Waals surface area contributed by atoms with E-state index in [1.54, 1.807) is 11.6 Å².